The van der Waals surface area contributed by atoms with Gasteiger partial charge in [-0.2, -0.15) is 0 Å². The minimum absolute atomic E-state index is 0.290. The fraction of sp³-hybridized carbons (Fsp3) is 0.214. The molecule has 0 spiro atoms. The van der Waals surface area contributed by atoms with E-state index in [0.29, 0.717) is 5.95 Å². The van der Waals surface area contributed by atoms with Crippen LogP contribution in [-0.4, -0.2) is 9.55 Å². The highest BCUT2D eigenvalue weighted by Gasteiger charge is 2.15. The average molecular weight is 336 g/mol. The van der Waals surface area contributed by atoms with E-state index in [9.17, 15) is 0 Å². The molecule has 3 rings (SSSR count). The van der Waals surface area contributed by atoms with Crippen LogP contribution in [0.3, 0.4) is 0 Å². The van der Waals surface area contributed by atoms with Crippen molar-refractivity contribution < 1.29 is 0 Å². The Morgan fingerprint density at radius 1 is 1.42 bits per heavy atom. The van der Waals surface area contributed by atoms with E-state index in [-0.39, 0.29) is 6.04 Å². The maximum Gasteiger partial charge on any atom is 0.201 e. The zero-order valence-electron chi connectivity index (χ0n) is 10.5. The van der Waals surface area contributed by atoms with Crippen molar-refractivity contribution in [2.75, 3.05) is 5.73 Å². The predicted octanol–water partition coefficient (Wildman–Crippen LogP) is 4.25. The number of hydrogen-bond donors (Lipinski definition) is 1. The second-order valence-corrected chi connectivity index (χ2v) is 6.55. The maximum absolute atomic E-state index is 6.07. The molecular formula is C14H14BrN3S. The van der Waals surface area contributed by atoms with E-state index in [0.717, 1.165) is 21.9 Å². The predicted molar refractivity (Wildman–Crippen MR) is 84.6 cm³/mol. The molecule has 1 unspecified atom stereocenters. The first-order valence-corrected chi connectivity index (χ1v) is 7.78. The highest BCUT2D eigenvalue weighted by atomic mass is 79.9. The van der Waals surface area contributed by atoms with Gasteiger partial charge in [-0.05, 0) is 36.6 Å². The zero-order valence-corrected chi connectivity index (χ0v) is 12.9. The minimum Gasteiger partial charge on any atom is -0.369 e. The summed E-state index contributed by atoms with van der Waals surface area (Å²) >= 11 is 5.28. The molecule has 2 heterocycles. The van der Waals surface area contributed by atoms with Crippen molar-refractivity contribution in [1.82, 2.24) is 9.55 Å². The third kappa shape index (κ3) is 2.40. The van der Waals surface area contributed by atoms with E-state index in [1.165, 1.54) is 4.88 Å². The molecule has 0 aliphatic carbocycles. The van der Waals surface area contributed by atoms with Gasteiger partial charge in [0.1, 0.15) is 0 Å². The third-order valence-corrected chi connectivity index (χ3v) is 4.59. The Hall–Kier alpha value is -1.33. The van der Waals surface area contributed by atoms with Crippen LogP contribution in [-0.2, 0) is 6.42 Å². The summed E-state index contributed by atoms with van der Waals surface area (Å²) in [6.07, 6.45) is 0.972. The van der Waals surface area contributed by atoms with Gasteiger partial charge in [-0.15, -0.1) is 11.3 Å². The second-order valence-electron chi connectivity index (χ2n) is 4.61. The number of benzene rings is 1. The van der Waals surface area contributed by atoms with Crippen LogP contribution in [0.25, 0.3) is 11.0 Å². The van der Waals surface area contributed by atoms with E-state index in [2.05, 4.69) is 56.0 Å². The van der Waals surface area contributed by atoms with Gasteiger partial charge in [-0.25, -0.2) is 4.98 Å². The third-order valence-electron chi connectivity index (χ3n) is 3.20. The summed E-state index contributed by atoms with van der Waals surface area (Å²) < 4.78 is 3.16. The topological polar surface area (TPSA) is 43.8 Å². The van der Waals surface area contributed by atoms with Gasteiger partial charge in [0, 0.05) is 21.8 Å². The Labute approximate surface area is 124 Å². The summed E-state index contributed by atoms with van der Waals surface area (Å²) in [7, 11) is 0. The number of nitrogen functional groups attached to an aromatic ring is 1. The Kier molecular flexibility index (Phi) is 3.33. The smallest absolute Gasteiger partial charge is 0.201 e. The molecule has 2 aromatic heterocycles. The molecule has 0 saturated heterocycles. The molecule has 0 aliphatic heterocycles. The number of thiophene rings is 1. The summed E-state index contributed by atoms with van der Waals surface area (Å²) in [4.78, 5) is 5.79. The van der Waals surface area contributed by atoms with Crippen molar-refractivity contribution in [3.05, 3.63) is 45.1 Å². The van der Waals surface area contributed by atoms with Crippen LogP contribution < -0.4 is 5.73 Å². The molecule has 0 bridgehead atoms. The summed E-state index contributed by atoms with van der Waals surface area (Å²) in [6.45, 7) is 2.18. The van der Waals surface area contributed by atoms with Crippen molar-refractivity contribution in [2.45, 2.75) is 19.4 Å². The number of fused-ring (bicyclic) bond motifs is 1. The number of rotatable bonds is 3. The Bertz CT molecular complexity index is 703. The minimum atomic E-state index is 0.290. The first kappa shape index (κ1) is 12.7. The number of hydrogen-bond acceptors (Lipinski definition) is 3. The van der Waals surface area contributed by atoms with Crippen molar-refractivity contribution >= 4 is 44.2 Å². The highest BCUT2D eigenvalue weighted by Crippen LogP contribution is 2.28. The van der Waals surface area contributed by atoms with Crippen molar-refractivity contribution in [2.24, 2.45) is 0 Å². The first-order valence-electron chi connectivity index (χ1n) is 6.10. The lowest BCUT2D eigenvalue weighted by Crippen LogP contribution is -2.10. The van der Waals surface area contributed by atoms with E-state index in [4.69, 9.17) is 5.73 Å². The molecule has 98 valence electrons. The van der Waals surface area contributed by atoms with Crippen LogP contribution in [0.15, 0.2) is 40.2 Å². The van der Waals surface area contributed by atoms with Crippen molar-refractivity contribution in [3.8, 4) is 0 Å². The van der Waals surface area contributed by atoms with Gasteiger partial charge < -0.3 is 10.3 Å². The van der Waals surface area contributed by atoms with Crippen molar-refractivity contribution in [1.29, 1.82) is 0 Å². The van der Waals surface area contributed by atoms with E-state index >= 15 is 0 Å². The van der Waals surface area contributed by atoms with Crippen LogP contribution in [0.4, 0.5) is 5.95 Å². The van der Waals surface area contributed by atoms with Gasteiger partial charge in [0.25, 0.3) is 0 Å². The van der Waals surface area contributed by atoms with Crippen LogP contribution in [0.1, 0.15) is 17.8 Å². The number of anilines is 1. The van der Waals surface area contributed by atoms with E-state index in [1.807, 2.05) is 12.1 Å². The number of nitrogens with zero attached hydrogens (tertiary/aromatic N) is 2. The summed E-state index contributed by atoms with van der Waals surface area (Å²) in [6, 6.07) is 10.6. The highest BCUT2D eigenvalue weighted by molar-refractivity contribution is 9.10. The Morgan fingerprint density at radius 3 is 3.00 bits per heavy atom. The molecule has 1 aromatic carbocycles. The number of aromatic nitrogens is 2. The molecule has 19 heavy (non-hydrogen) atoms. The molecule has 0 amide bonds. The largest absolute Gasteiger partial charge is 0.369 e. The fourth-order valence-electron chi connectivity index (χ4n) is 2.36. The molecule has 3 aromatic rings. The molecule has 3 nitrogen and oxygen atoms in total. The summed E-state index contributed by atoms with van der Waals surface area (Å²) in [5, 5.41) is 2.11. The number of nitrogens with two attached hydrogens (primary N) is 1. The second kappa shape index (κ2) is 4.98. The Morgan fingerprint density at radius 2 is 2.26 bits per heavy atom. The van der Waals surface area contributed by atoms with Gasteiger partial charge in [-0.3, -0.25) is 0 Å². The van der Waals surface area contributed by atoms with E-state index < -0.39 is 0 Å². The summed E-state index contributed by atoms with van der Waals surface area (Å²) in [5.41, 5.74) is 8.10. The first-order chi connectivity index (χ1) is 9.15. The zero-order chi connectivity index (χ0) is 13.4. The standard InChI is InChI=1S/C14H14BrN3S/c1-9(7-11-3-2-6-19-11)18-13-8-10(15)4-5-12(13)17-14(18)16/h2-6,8-9H,7H2,1H3,(H2,16,17). The molecule has 0 aliphatic rings. The Balaban J connectivity index is 2.03. The molecule has 2 N–H and O–H groups in total. The van der Waals surface area contributed by atoms with Gasteiger partial charge in [0.05, 0.1) is 11.0 Å². The number of halogens is 1. The molecule has 5 heteroatoms. The lowest BCUT2D eigenvalue weighted by Gasteiger charge is -2.15. The normalized spacial score (nSPS) is 12.9. The fourth-order valence-corrected chi connectivity index (χ4v) is 3.53. The van der Waals surface area contributed by atoms with Crippen LogP contribution in [0, 0.1) is 0 Å². The molecular weight excluding hydrogens is 322 g/mol. The molecule has 1 atom stereocenters. The average Bonchev–Trinajstić information content (AvgIpc) is 2.95. The van der Waals surface area contributed by atoms with Crippen LogP contribution >= 0.6 is 27.3 Å². The molecule has 0 fully saturated rings. The summed E-state index contributed by atoms with van der Waals surface area (Å²) in [5.74, 6) is 0.581. The van der Waals surface area contributed by atoms with Gasteiger partial charge in [0.15, 0.2) is 0 Å². The van der Waals surface area contributed by atoms with Crippen LogP contribution in [0.5, 0.6) is 0 Å². The van der Waals surface area contributed by atoms with E-state index in [1.54, 1.807) is 11.3 Å². The molecule has 0 saturated carbocycles. The quantitative estimate of drug-likeness (QED) is 0.777. The van der Waals surface area contributed by atoms with Gasteiger partial charge >= 0.3 is 0 Å². The van der Waals surface area contributed by atoms with Gasteiger partial charge in [0.2, 0.25) is 5.95 Å². The SMILES string of the molecule is CC(Cc1cccs1)n1c(N)nc2ccc(Br)cc21. The number of imidazole rings is 1. The van der Waals surface area contributed by atoms with Crippen LogP contribution in [0.2, 0.25) is 0 Å². The lowest BCUT2D eigenvalue weighted by molar-refractivity contribution is 0.571. The van der Waals surface area contributed by atoms with Crippen molar-refractivity contribution in [3.63, 3.8) is 0 Å². The monoisotopic (exact) mass is 335 g/mol. The maximum atomic E-state index is 6.07. The van der Waals surface area contributed by atoms with Gasteiger partial charge in [-0.1, -0.05) is 22.0 Å². The molecule has 0 radical (unpaired) electrons. The lowest BCUT2D eigenvalue weighted by atomic mass is 10.2.